The van der Waals surface area contributed by atoms with Crippen LogP contribution in [-0.4, -0.2) is 46.5 Å². The summed E-state index contributed by atoms with van der Waals surface area (Å²) in [6.07, 6.45) is 5.23. The average Bonchev–Trinajstić information content (AvgIpc) is 3.33. The number of imidazole rings is 1. The van der Waals surface area contributed by atoms with Crippen LogP contribution in [0.5, 0.6) is 0 Å². The number of rotatable bonds is 5. The van der Waals surface area contributed by atoms with Crippen LogP contribution in [0.25, 0.3) is 11.0 Å². The lowest BCUT2D eigenvalue weighted by Gasteiger charge is -2.32. The first-order valence-corrected chi connectivity index (χ1v) is 8.89. The zero-order valence-electron chi connectivity index (χ0n) is 13.8. The topological polar surface area (TPSA) is 81.0 Å². The third-order valence-corrected chi connectivity index (χ3v) is 5.18. The Kier molecular flexibility index (Phi) is 4.14. The third kappa shape index (κ3) is 3.53. The summed E-state index contributed by atoms with van der Waals surface area (Å²) in [6, 6.07) is 6.21. The predicted octanol–water partition coefficient (Wildman–Crippen LogP) is 1.39. The van der Waals surface area contributed by atoms with Crippen molar-refractivity contribution in [2.24, 2.45) is 5.92 Å². The Morgan fingerprint density at radius 2 is 1.88 bits per heavy atom. The fourth-order valence-electron chi connectivity index (χ4n) is 3.46. The largest absolute Gasteiger partial charge is 0.342 e. The van der Waals surface area contributed by atoms with Crippen LogP contribution in [0.15, 0.2) is 23.0 Å². The summed E-state index contributed by atoms with van der Waals surface area (Å²) in [7, 11) is 0. The maximum absolute atomic E-state index is 12.5. The number of hydrogen-bond donors (Lipinski definition) is 3. The molecule has 128 valence electrons. The van der Waals surface area contributed by atoms with Crippen molar-refractivity contribution < 1.29 is 4.79 Å². The summed E-state index contributed by atoms with van der Waals surface area (Å²) in [5.41, 5.74) is 2.26. The first-order chi connectivity index (χ1) is 11.7. The van der Waals surface area contributed by atoms with Crippen LogP contribution in [0.3, 0.4) is 0 Å². The van der Waals surface area contributed by atoms with E-state index < -0.39 is 0 Å². The summed E-state index contributed by atoms with van der Waals surface area (Å²) >= 11 is 0. The monoisotopic (exact) mass is 328 g/mol. The van der Waals surface area contributed by atoms with Gasteiger partial charge in [-0.25, -0.2) is 4.79 Å². The van der Waals surface area contributed by atoms with E-state index in [1.54, 1.807) is 0 Å². The predicted molar refractivity (Wildman–Crippen MR) is 93.0 cm³/mol. The molecule has 0 unspecified atom stereocenters. The summed E-state index contributed by atoms with van der Waals surface area (Å²) in [5, 5.41) is 3.64. The van der Waals surface area contributed by atoms with E-state index in [-0.39, 0.29) is 11.6 Å². The van der Waals surface area contributed by atoms with Crippen LogP contribution in [0, 0.1) is 5.92 Å². The number of piperidine rings is 1. The van der Waals surface area contributed by atoms with E-state index in [1.807, 2.05) is 23.1 Å². The van der Waals surface area contributed by atoms with Crippen molar-refractivity contribution in [2.75, 3.05) is 19.6 Å². The molecule has 2 aliphatic rings. The molecule has 4 rings (SSSR count). The molecule has 2 aromatic rings. The molecule has 0 spiro atoms. The van der Waals surface area contributed by atoms with Gasteiger partial charge in [0.15, 0.2) is 0 Å². The SMILES string of the molecule is O=C(Cc1ccc2[nH]c(=O)[nH]c2c1)N1CCC(NCC2CC2)CC1. The van der Waals surface area contributed by atoms with Gasteiger partial charge in [-0.05, 0) is 55.8 Å². The molecule has 1 saturated carbocycles. The number of H-pyrrole nitrogens is 2. The van der Waals surface area contributed by atoms with Crippen molar-refractivity contribution in [3.05, 3.63) is 34.2 Å². The number of carbonyl (C=O) groups excluding carboxylic acids is 1. The second-order valence-corrected chi connectivity index (χ2v) is 7.14. The number of nitrogens with zero attached hydrogens (tertiary/aromatic N) is 1. The number of aromatic nitrogens is 2. The molecule has 0 bridgehead atoms. The molecule has 2 heterocycles. The molecular weight excluding hydrogens is 304 g/mol. The molecule has 1 aliphatic heterocycles. The number of likely N-dealkylation sites (tertiary alicyclic amines) is 1. The number of carbonyl (C=O) groups is 1. The maximum atomic E-state index is 12.5. The van der Waals surface area contributed by atoms with Crippen molar-refractivity contribution in [3.63, 3.8) is 0 Å². The number of nitrogens with one attached hydrogen (secondary N) is 3. The minimum absolute atomic E-state index is 0.174. The van der Waals surface area contributed by atoms with Crippen molar-refractivity contribution in [1.29, 1.82) is 0 Å². The second kappa shape index (κ2) is 6.43. The molecule has 2 fully saturated rings. The number of aromatic amines is 2. The van der Waals surface area contributed by atoms with E-state index in [2.05, 4.69) is 15.3 Å². The fourth-order valence-corrected chi connectivity index (χ4v) is 3.46. The lowest BCUT2D eigenvalue weighted by Crippen LogP contribution is -2.45. The quantitative estimate of drug-likeness (QED) is 0.776. The average molecular weight is 328 g/mol. The van der Waals surface area contributed by atoms with Crippen molar-refractivity contribution in [3.8, 4) is 0 Å². The van der Waals surface area contributed by atoms with Gasteiger partial charge in [0.05, 0.1) is 17.5 Å². The van der Waals surface area contributed by atoms with Crippen LogP contribution < -0.4 is 11.0 Å². The Morgan fingerprint density at radius 3 is 2.62 bits per heavy atom. The molecule has 0 radical (unpaired) electrons. The first kappa shape index (κ1) is 15.4. The number of fused-ring (bicyclic) bond motifs is 1. The van der Waals surface area contributed by atoms with Gasteiger partial charge in [-0.3, -0.25) is 4.79 Å². The molecular formula is C18H24N4O2. The van der Waals surface area contributed by atoms with Gasteiger partial charge in [-0.2, -0.15) is 0 Å². The van der Waals surface area contributed by atoms with Gasteiger partial charge in [0.2, 0.25) is 5.91 Å². The van der Waals surface area contributed by atoms with Gasteiger partial charge in [-0.15, -0.1) is 0 Å². The molecule has 0 atom stereocenters. The van der Waals surface area contributed by atoms with E-state index in [0.717, 1.165) is 55.0 Å². The summed E-state index contributed by atoms with van der Waals surface area (Å²) in [6.45, 7) is 2.82. The van der Waals surface area contributed by atoms with Gasteiger partial charge >= 0.3 is 5.69 Å². The van der Waals surface area contributed by atoms with E-state index in [9.17, 15) is 9.59 Å². The van der Waals surface area contributed by atoms with Crippen LogP contribution in [0.1, 0.15) is 31.2 Å². The number of benzene rings is 1. The van der Waals surface area contributed by atoms with Gasteiger partial charge in [0.1, 0.15) is 0 Å². The lowest BCUT2D eigenvalue weighted by atomic mass is 10.0. The molecule has 6 nitrogen and oxygen atoms in total. The van der Waals surface area contributed by atoms with E-state index in [0.29, 0.717) is 12.5 Å². The lowest BCUT2D eigenvalue weighted by molar-refractivity contribution is -0.131. The van der Waals surface area contributed by atoms with Crippen LogP contribution in [0.2, 0.25) is 0 Å². The van der Waals surface area contributed by atoms with E-state index in [4.69, 9.17) is 0 Å². The molecule has 3 N–H and O–H groups in total. The Morgan fingerprint density at radius 1 is 1.12 bits per heavy atom. The van der Waals surface area contributed by atoms with Crippen LogP contribution in [-0.2, 0) is 11.2 Å². The zero-order valence-corrected chi connectivity index (χ0v) is 13.8. The van der Waals surface area contributed by atoms with E-state index >= 15 is 0 Å². The summed E-state index contributed by atoms with van der Waals surface area (Å²) < 4.78 is 0. The number of hydrogen-bond acceptors (Lipinski definition) is 3. The highest BCUT2D eigenvalue weighted by Gasteiger charge is 2.25. The highest BCUT2D eigenvalue weighted by Crippen LogP contribution is 2.28. The van der Waals surface area contributed by atoms with Crippen LogP contribution in [0.4, 0.5) is 0 Å². The van der Waals surface area contributed by atoms with Crippen molar-refractivity contribution in [1.82, 2.24) is 20.2 Å². The molecule has 1 aromatic heterocycles. The van der Waals surface area contributed by atoms with Gasteiger partial charge in [0, 0.05) is 19.1 Å². The second-order valence-electron chi connectivity index (χ2n) is 7.14. The third-order valence-electron chi connectivity index (χ3n) is 5.18. The Labute approximate surface area is 140 Å². The minimum atomic E-state index is -0.214. The Hall–Kier alpha value is -2.08. The van der Waals surface area contributed by atoms with Gasteiger partial charge in [-0.1, -0.05) is 6.07 Å². The van der Waals surface area contributed by atoms with E-state index in [1.165, 1.54) is 12.8 Å². The minimum Gasteiger partial charge on any atom is -0.342 e. The molecule has 1 amide bonds. The summed E-state index contributed by atoms with van der Waals surface area (Å²) in [4.78, 5) is 31.3. The van der Waals surface area contributed by atoms with Gasteiger partial charge in [0.25, 0.3) is 0 Å². The Balaban J connectivity index is 1.31. The number of amides is 1. The molecule has 1 aromatic carbocycles. The first-order valence-electron chi connectivity index (χ1n) is 8.89. The smallest absolute Gasteiger partial charge is 0.323 e. The van der Waals surface area contributed by atoms with Gasteiger partial charge < -0.3 is 20.2 Å². The Bertz CT molecular complexity index is 782. The summed E-state index contributed by atoms with van der Waals surface area (Å²) in [5.74, 6) is 1.08. The molecule has 1 saturated heterocycles. The van der Waals surface area contributed by atoms with Crippen molar-refractivity contribution in [2.45, 2.75) is 38.1 Å². The molecule has 6 heteroatoms. The standard InChI is InChI=1S/C18H24N4O2/c23-17(10-13-3-4-15-16(9-13)21-18(24)20-15)22-7-5-14(6-8-22)19-11-12-1-2-12/h3-4,9,12,14,19H,1-2,5-8,10-11H2,(H2,20,21,24). The zero-order chi connectivity index (χ0) is 16.5. The van der Waals surface area contributed by atoms with Crippen LogP contribution >= 0.6 is 0 Å². The highest BCUT2D eigenvalue weighted by atomic mass is 16.2. The van der Waals surface area contributed by atoms with Crippen molar-refractivity contribution >= 4 is 16.9 Å². The maximum Gasteiger partial charge on any atom is 0.323 e. The normalized spacial score (nSPS) is 19.1. The molecule has 24 heavy (non-hydrogen) atoms. The fraction of sp³-hybridized carbons (Fsp3) is 0.556. The molecule has 1 aliphatic carbocycles. The highest BCUT2D eigenvalue weighted by molar-refractivity contribution is 5.81.